The van der Waals surface area contributed by atoms with Crippen LogP contribution < -0.4 is 9.47 Å². The third kappa shape index (κ3) is 10.6. The lowest BCUT2D eigenvalue weighted by Crippen LogP contribution is -1.97. The lowest BCUT2D eigenvalue weighted by molar-refractivity contribution is 0.304. The largest absolute Gasteiger partial charge is 0.494 e. The highest BCUT2D eigenvalue weighted by Gasteiger charge is 2.19. The Balaban J connectivity index is 1.20. The molecule has 0 aliphatic carbocycles. The maximum absolute atomic E-state index is 6.25. The Hall–Kier alpha value is -6.64. The van der Waals surface area contributed by atoms with E-state index in [1.165, 1.54) is 64.2 Å². The summed E-state index contributed by atoms with van der Waals surface area (Å²) in [6.07, 6.45) is 30.8. The van der Waals surface area contributed by atoms with Crippen LogP contribution in [-0.2, 0) is 0 Å². The highest BCUT2D eigenvalue weighted by Crippen LogP contribution is 2.41. The minimum Gasteiger partial charge on any atom is -0.494 e. The number of fused-ring (bicyclic) bond motifs is 8. The number of unbranched alkanes of at least 4 members (excludes halogenated alkanes) is 10. The molecule has 7 aromatic rings. The fraction of sp³-hybridized carbons (Fsp3) is 0.276. The van der Waals surface area contributed by atoms with Crippen LogP contribution >= 0.6 is 11.3 Å². The van der Waals surface area contributed by atoms with Gasteiger partial charge in [-0.25, -0.2) is 9.97 Å². The average molecular weight is 890 g/mol. The Labute approximate surface area is 393 Å². The van der Waals surface area contributed by atoms with Crippen LogP contribution in [-0.4, -0.2) is 38.1 Å². The molecule has 0 fully saturated rings. The molecule has 2 aliphatic rings. The molecule has 9 rings (SSSR count). The Morgan fingerprint density at radius 2 is 0.758 bits per heavy atom. The highest BCUT2D eigenvalue weighted by atomic mass is 32.1. The standard InChI is InChI=1S/C58H59N5O2S/c1-3-5-7-9-11-13-39-64-45-19-15-41(16-20-45)55-47-23-24-48(61-47)56(42-17-21-46(22-18-42)65-40-14-12-10-8-6-4-2)50-26-28-52(63-50)58(44-33-37-60-38-34-44)54-30-29-53(66-54)57(43-31-35-59-36-32-43)51-27-25-49(55)62-51/h15-38,61H,3-14,39-40H2,1-2H3. The van der Waals surface area contributed by atoms with Crippen molar-refractivity contribution in [3.63, 3.8) is 0 Å². The Morgan fingerprint density at radius 3 is 1.17 bits per heavy atom. The summed E-state index contributed by atoms with van der Waals surface area (Å²) in [6, 6.07) is 34.1. The molecule has 334 valence electrons. The molecule has 2 aliphatic heterocycles. The van der Waals surface area contributed by atoms with Crippen LogP contribution in [0.25, 0.3) is 89.2 Å². The molecule has 0 spiro atoms. The van der Waals surface area contributed by atoms with Crippen molar-refractivity contribution in [3.05, 3.63) is 145 Å². The topological polar surface area (TPSA) is 85.8 Å². The third-order valence-corrected chi connectivity index (χ3v) is 13.5. The lowest BCUT2D eigenvalue weighted by Gasteiger charge is -2.09. The van der Waals surface area contributed by atoms with Crippen molar-refractivity contribution >= 4 is 56.1 Å². The van der Waals surface area contributed by atoms with Crippen molar-refractivity contribution in [2.24, 2.45) is 0 Å². The number of aromatic nitrogens is 5. The first-order valence-electron chi connectivity index (χ1n) is 24.0. The first kappa shape index (κ1) is 44.6. The van der Waals surface area contributed by atoms with Gasteiger partial charge in [-0.2, -0.15) is 0 Å². The van der Waals surface area contributed by atoms with E-state index in [9.17, 15) is 0 Å². The molecule has 7 heterocycles. The molecule has 66 heavy (non-hydrogen) atoms. The molecule has 0 unspecified atom stereocenters. The van der Waals surface area contributed by atoms with Crippen molar-refractivity contribution in [2.45, 2.75) is 90.9 Å². The summed E-state index contributed by atoms with van der Waals surface area (Å²) < 4.78 is 14.7. The van der Waals surface area contributed by atoms with E-state index in [-0.39, 0.29) is 0 Å². The van der Waals surface area contributed by atoms with Crippen molar-refractivity contribution in [3.8, 4) is 56.0 Å². The summed E-state index contributed by atoms with van der Waals surface area (Å²) in [4.78, 5) is 23.6. The zero-order valence-electron chi connectivity index (χ0n) is 38.3. The van der Waals surface area contributed by atoms with Crippen LogP contribution in [0.15, 0.2) is 122 Å². The number of nitrogens with one attached hydrogen (secondary N) is 1. The van der Waals surface area contributed by atoms with Gasteiger partial charge in [0.15, 0.2) is 0 Å². The summed E-state index contributed by atoms with van der Waals surface area (Å²) in [5.41, 5.74) is 13.8. The summed E-state index contributed by atoms with van der Waals surface area (Å²) in [7, 11) is 0. The highest BCUT2D eigenvalue weighted by molar-refractivity contribution is 7.24. The Kier molecular flexibility index (Phi) is 14.9. The number of thiophene rings is 1. The molecule has 0 saturated heterocycles. The monoisotopic (exact) mass is 889 g/mol. The van der Waals surface area contributed by atoms with Gasteiger partial charge in [-0.1, -0.05) is 102 Å². The van der Waals surface area contributed by atoms with E-state index in [0.29, 0.717) is 0 Å². The molecule has 0 amide bonds. The van der Waals surface area contributed by atoms with Crippen molar-refractivity contribution in [1.29, 1.82) is 0 Å². The third-order valence-electron chi connectivity index (χ3n) is 12.4. The van der Waals surface area contributed by atoms with Crippen LogP contribution in [0.4, 0.5) is 0 Å². The van der Waals surface area contributed by atoms with Crippen molar-refractivity contribution in [1.82, 2.24) is 24.9 Å². The number of hydrogen-bond acceptors (Lipinski definition) is 7. The van der Waals surface area contributed by atoms with Gasteiger partial charge in [-0.3, -0.25) is 9.97 Å². The van der Waals surface area contributed by atoms with Crippen LogP contribution in [0.2, 0.25) is 0 Å². The lowest BCUT2D eigenvalue weighted by atomic mass is 10.0. The molecule has 0 atom stereocenters. The van der Waals surface area contributed by atoms with E-state index in [0.717, 1.165) is 125 Å². The van der Waals surface area contributed by atoms with Crippen LogP contribution in [0.5, 0.6) is 11.5 Å². The average Bonchev–Trinajstić information content (AvgIpc) is 4.21. The summed E-state index contributed by atoms with van der Waals surface area (Å²) in [6.45, 7) is 5.96. The van der Waals surface area contributed by atoms with Gasteiger partial charge in [0, 0.05) is 67.5 Å². The van der Waals surface area contributed by atoms with Crippen LogP contribution in [0.1, 0.15) is 114 Å². The molecule has 8 bridgehead atoms. The molecule has 8 heteroatoms. The smallest absolute Gasteiger partial charge is 0.119 e. The van der Waals surface area contributed by atoms with Gasteiger partial charge in [0.1, 0.15) is 11.5 Å². The summed E-state index contributed by atoms with van der Waals surface area (Å²) >= 11 is 1.75. The predicted molar refractivity (Wildman–Crippen MR) is 277 cm³/mol. The van der Waals surface area contributed by atoms with Gasteiger partial charge in [-0.05, 0) is 132 Å². The number of rotatable bonds is 20. The molecule has 1 N–H and O–H groups in total. The van der Waals surface area contributed by atoms with Crippen molar-refractivity contribution in [2.75, 3.05) is 13.2 Å². The predicted octanol–water partition coefficient (Wildman–Crippen LogP) is 16.3. The first-order valence-corrected chi connectivity index (χ1v) is 24.8. The maximum atomic E-state index is 6.25. The Bertz CT molecular complexity index is 2740. The number of aromatic amines is 1. The van der Waals surface area contributed by atoms with E-state index in [2.05, 4.69) is 150 Å². The second-order valence-corrected chi connectivity index (χ2v) is 18.2. The van der Waals surface area contributed by atoms with Crippen LogP contribution in [0, 0.1) is 0 Å². The zero-order chi connectivity index (χ0) is 44.9. The molecule has 2 aromatic carbocycles. The SMILES string of the molecule is CCCCCCCCOc1ccc(-c2c3nc(c(-c4ccncc4)c4ccc(s4)c(-c4ccncc4)c4nc(c(-c5ccc(OCCCCCCCC)cc5)c5ccc2[nH]5)C=C4)C=C3)cc1. The minimum atomic E-state index is 0.720. The number of nitrogens with zero attached hydrogens (tertiary/aromatic N) is 4. The molecule has 7 nitrogen and oxygen atoms in total. The second kappa shape index (κ2) is 22.0. The van der Waals surface area contributed by atoms with Crippen molar-refractivity contribution < 1.29 is 9.47 Å². The second-order valence-electron chi connectivity index (χ2n) is 17.1. The summed E-state index contributed by atoms with van der Waals surface area (Å²) in [5, 5.41) is 0. The molecule has 0 radical (unpaired) electrons. The van der Waals surface area contributed by atoms with Crippen LogP contribution in [0.3, 0.4) is 0 Å². The minimum absolute atomic E-state index is 0.720. The Morgan fingerprint density at radius 1 is 0.394 bits per heavy atom. The molecule has 0 saturated carbocycles. The van der Waals surface area contributed by atoms with Gasteiger partial charge in [0.05, 0.1) is 36.0 Å². The number of pyridine rings is 2. The van der Waals surface area contributed by atoms with E-state index in [1.807, 2.05) is 24.8 Å². The van der Waals surface area contributed by atoms with E-state index in [4.69, 9.17) is 19.4 Å². The number of benzene rings is 2. The number of ether oxygens (including phenoxy) is 2. The number of hydrogen-bond donors (Lipinski definition) is 1. The molecular weight excluding hydrogens is 831 g/mol. The van der Waals surface area contributed by atoms with Gasteiger partial charge in [0.25, 0.3) is 0 Å². The van der Waals surface area contributed by atoms with E-state index < -0.39 is 0 Å². The summed E-state index contributed by atoms with van der Waals surface area (Å²) in [5.74, 6) is 1.75. The molecule has 5 aromatic heterocycles. The normalized spacial score (nSPS) is 11.9. The van der Waals surface area contributed by atoms with Gasteiger partial charge in [0.2, 0.25) is 0 Å². The van der Waals surface area contributed by atoms with Gasteiger partial charge < -0.3 is 14.5 Å². The van der Waals surface area contributed by atoms with E-state index in [1.54, 1.807) is 11.3 Å². The fourth-order valence-corrected chi connectivity index (χ4v) is 10.1. The molecular formula is C58H59N5O2S. The fourth-order valence-electron chi connectivity index (χ4n) is 8.91. The van der Waals surface area contributed by atoms with Gasteiger partial charge in [-0.15, -0.1) is 11.3 Å². The first-order chi connectivity index (χ1) is 32.7. The van der Waals surface area contributed by atoms with Gasteiger partial charge >= 0.3 is 0 Å². The maximum Gasteiger partial charge on any atom is 0.119 e. The quantitative estimate of drug-likeness (QED) is 0.0767. The number of H-pyrrole nitrogens is 1. The zero-order valence-corrected chi connectivity index (χ0v) is 39.1. The van der Waals surface area contributed by atoms with E-state index >= 15 is 0 Å².